The van der Waals surface area contributed by atoms with Crippen molar-refractivity contribution in [3.63, 3.8) is 0 Å². The molecule has 104 valence electrons. The lowest BCUT2D eigenvalue weighted by atomic mass is 10.0. The zero-order valence-electron chi connectivity index (χ0n) is 11.0. The molecule has 1 fully saturated rings. The van der Waals surface area contributed by atoms with Gasteiger partial charge in [0.15, 0.2) is 0 Å². The normalized spacial score (nSPS) is 21.3. The molecule has 2 atom stereocenters. The highest BCUT2D eigenvalue weighted by Gasteiger charge is 2.15. The van der Waals surface area contributed by atoms with E-state index in [0.717, 1.165) is 25.9 Å². The van der Waals surface area contributed by atoms with E-state index in [2.05, 4.69) is 5.32 Å². The Bertz CT molecular complexity index is 274. The van der Waals surface area contributed by atoms with Crippen molar-refractivity contribution in [3.8, 4) is 0 Å². The van der Waals surface area contributed by atoms with Gasteiger partial charge in [-0.05, 0) is 31.6 Å². The Kier molecular flexibility index (Phi) is 6.72. The van der Waals surface area contributed by atoms with Gasteiger partial charge in [0.05, 0.1) is 6.10 Å². The fourth-order valence-electron chi connectivity index (χ4n) is 2.07. The van der Waals surface area contributed by atoms with Crippen LogP contribution in [0.4, 0.5) is 0 Å². The van der Waals surface area contributed by atoms with Gasteiger partial charge in [-0.2, -0.15) is 0 Å². The number of carboxylic acids is 1. The van der Waals surface area contributed by atoms with E-state index < -0.39 is 5.97 Å². The predicted octanol–water partition coefficient (Wildman–Crippen LogP) is 1.56. The largest absolute Gasteiger partial charge is 0.481 e. The number of carbonyl (C=O) groups excluding carboxylic acids is 1. The van der Waals surface area contributed by atoms with Gasteiger partial charge < -0.3 is 15.2 Å². The maximum absolute atomic E-state index is 11.6. The maximum Gasteiger partial charge on any atom is 0.303 e. The van der Waals surface area contributed by atoms with Crippen molar-refractivity contribution in [2.24, 2.45) is 5.92 Å². The third-order valence-corrected chi connectivity index (χ3v) is 3.14. The summed E-state index contributed by atoms with van der Waals surface area (Å²) in [5.41, 5.74) is 0. The molecule has 1 aliphatic rings. The lowest BCUT2D eigenvalue weighted by Crippen LogP contribution is -2.30. The minimum absolute atomic E-state index is 0.0126. The molecule has 1 aliphatic heterocycles. The van der Waals surface area contributed by atoms with Gasteiger partial charge in [0.1, 0.15) is 0 Å². The first-order chi connectivity index (χ1) is 8.58. The first kappa shape index (κ1) is 15.0. The lowest BCUT2D eigenvalue weighted by Gasteiger charge is -2.22. The first-order valence-electron chi connectivity index (χ1n) is 6.68. The van der Waals surface area contributed by atoms with Gasteiger partial charge in [0, 0.05) is 26.0 Å². The van der Waals surface area contributed by atoms with Gasteiger partial charge in [0.25, 0.3) is 0 Å². The van der Waals surface area contributed by atoms with Crippen molar-refractivity contribution >= 4 is 11.9 Å². The molecular weight excluding hydrogens is 234 g/mol. The van der Waals surface area contributed by atoms with E-state index >= 15 is 0 Å². The molecule has 2 N–H and O–H groups in total. The summed E-state index contributed by atoms with van der Waals surface area (Å²) in [6, 6.07) is 0. The number of ether oxygens (including phenoxy) is 1. The molecule has 0 aliphatic carbocycles. The molecule has 1 rings (SSSR count). The fraction of sp³-hybridized carbons (Fsp3) is 0.846. The van der Waals surface area contributed by atoms with Crippen molar-refractivity contribution in [1.29, 1.82) is 0 Å². The van der Waals surface area contributed by atoms with Crippen molar-refractivity contribution in [2.75, 3.05) is 13.2 Å². The summed E-state index contributed by atoms with van der Waals surface area (Å²) in [7, 11) is 0. The van der Waals surface area contributed by atoms with E-state index in [1.807, 2.05) is 6.92 Å². The SMILES string of the molecule is CC(CNC(=O)CCC1CCCCO1)CC(=O)O. The number of carbonyl (C=O) groups is 2. The van der Waals surface area contributed by atoms with E-state index in [0.29, 0.717) is 13.0 Å². The Labute approximate surface area is 108 Å². The third-order valence-electron chi connectivity index (χ3n) is 3.14. The number of hydrogen-bond donors (Lipinski definition) is 2. The molecule has 0 spiro atoms. The number of carboxylic acid groups (broad SMARTS) is 1. The van der Waals surface area contributed by atoms with Gasteiger partial charge in [-0.15, -0.1) is 0 Å². The van der Waals surface area contributed by atoms with Crippen LogP contribution in [0.5, 0.6) is 0 Å². The molecule has 0 aromatic heterocycles. The maximum atomic E-state index is 11.6. The molecule has 1 saturated heterocycles. The summed E-state index contributed by atoms with van der Waals surface area (Å²) in [6.45, 7) is 3.05. The molecule has 0 aromatic rings. The number of hydrogen-bond acceptors (Lipinski definition) is 3. The predicted molar refractivity (Wildman–Crippen MR) is 67.3 cm³/mol. The second-order valence-corrected chi connectivity index (χ2v) is 5.03. The van der Waals surface area contributed by atoms with Gasteiger partial charge in [0.2, 0.25) is 5.91 Å². The highest BCUT2D eigenvalue weighted by molar-refractivity contribution is 5.76. The molecule has 18 heavy (non-hydrogen) atoms. The molecule has 5 nitrogen and oxygen atoms in total. The molecule has 0 bridgehead atoms. The number of rotatable bonds is 7. The molecule has 0 aromatic carbocycles. The summed E-state index contributed by atoms with van der Waals surface area (Å²) in [5, 5.41) is 11.4. The molecular formula is C13H23NO4. The van der Waals surface area contributed by atoms with Crippen LogP contribution in [0, 0.1) is 5.92 Å². The smallest absolute Gasteiger partial charge is 0.303 e. The molecule has 2 unspecified atom stereocenters. The number of amides is 1. The highest BCUT2D eigenvalue weighted by atomic mass is 16.5. The summed E-state index contributed by atoms with van der Waals surface area (Å²) in [5.74, 6) is -0.869. The van der Waals surface area contributed by atoms with Crippen LogP contribution in [0.2, 0.25) is 0 Å². The van der Waals surface area contributed by atoms with E-state index in [1.54, 1.807) is 0 Å². The Morgan fingerprint density at radius 2 is 2.22 bits per heavy atom. The Balaban J connectivity index is 2.07. The standard InChI is InChI=1S/C13H23NO4/c1-10(8-13(16)17)9-14-12(15)6-5-11-4-2-3-7-18-11/h10-11H,2-9H2,1H3,(H,14,15)(H,16,17). The lowest BCUT2D eigenvalue weighted by molar-refractivity contribution is -0.138. The molecule has 0 radical (unpaired) electrons. The van der Waals surface area contributed by atoms with E-state index in [4.69, 9.17) is 9.84 Å². The van der Waals surface area contributed by atoms with Crippen molar-refractivity contribution in [2.45, 2.75) is 51.6 Å². The zero-order chi connectivity index (χ0) is 13.4. The van der Waals surface area contributed by atoms with Crippen LogP contribution in [0.1, 0.15) is 45.4 Å². The van der Waals surface area contributed by atoms with Crippen LogP contribution < -0.4 is 5.32 Å². The molecule has 1 heterocycles. The average molecular weight is 257 g/mol. The monoisotopic (exact) mass is 257 g/mol. The minimum atomic E-state index is -0.827. The summed E-state index contributed by atoms with van der Waals surface area (Å²) < 4.78 is 5.55. The van der Waals surface area contributed by atoms with Crippen LogP contribution >= 0.6 is 0 Å². The fourth-order valence-corrected chi connectivity index (χ4v) is 2.07. The van der Waals surface area contributed by atoms with E-state index in [-0.39, 0.29) is 24.3 Å². The van der Waals surface area contributed by atoms with Crippen LogP contribution in [-0.4, -0.2) is 36.2 Å². The summed E-state index contributed by atoms with van der Waals surface area (Å²) in [6.07, 6.45) is 4.89. The van der Waals surface area contributed by atoms with E-state index in [1.165, 1.54) is 6.42 Å². The van der Waals surface area contributed by atoms with Gasteiger partial charge in [-0.3, -0.25) is 9.59 Å². The molecule has 0 saturated carbocycles. The van der Waals surface area contributed by atoms with Gasteiger partial charge in [-0.25, -0.2) is 0 Å². The van der Waals surface area contributed by atoms with Gasteiger partial charge in [-0.1, -0.05) is 6.92 Å². The first-order valence-corrected chi connectivity index (χ1v) is 6.68. The van der Waals surface area contributed by atoms with Crippen molar-refractivity contribution < 1.29 is 19.4 Å². The minimum Gasteiger partial charge on any atom is -0.481 e. The summed E-state index contributed by atoms with van der Waals surface area (Å²) in [4.78, 5) is 22.0. The van der Waals surface area contributed by atoms with E-state index in [9.17, 15) is 9.59 Å². The van der Waals surface area contributed by atoms with Crippen LogP contribution in [-0.2, 0) is 14.3 Å². The Morgan fingerprint density at radius 3 is 2.83 bits per heavy atom. The highest BCUT2D eigenvalue weighted by Crippen LogP contribution is 2.16. The number of nitrogens with one attached hydrogen (secondary N) is 1. The number of aliphatic carboxylic acids is 1. The molecule has 1 amide bonds. The van der Waals surface area contributed by atoms with Crippen LogP contribution in [0.15, 0.2) is 0 Å². The van der Waals surface area contributed by atoms with Crippen LogP contribution in [0.3, 0.4) is 0 Å². The summed E-state index contributed by atoms with van der Waals surface area (Å²) >= 11 is 0. The second kappa shape index (κ2) is 8.08. The topological polar surface area (TPSA) is 75.6 Å². The van der Waals surface area contributed by atoms with Crippen molar-refractivity contribution in [1.82, 2.24) is 5.32 Å². The quantitative estimate of drug-likeness (QED) is 0.725. The molecule has 5 heteroatoms. The average Bonchev–Trinajstić information content (AvgIpc) is 2.34. The Morgan fingerprint density at radius 1 is 1.44 bits per heavy atom. The zero-order valence-corrected chi connectivity index (χ0v) is 11.0. The second-order valence-electron chi connectivity index (χ2n) is 5.03. The Hall–Kier alpha value is -1.10. The third kappa shape index (κ3) is 6.59. The van der Waals surface area contributed by atoms with Crippen molar-refractivity contribution in [3.05, 3.63) is 0 Å². The van der Waals surface area contributed by atoms with Gasteiger partial charge >= 0.3 is 5.97 Å². The van der Waals surface area contributed by atoms with Crippen LogP contribution in [0.25, 0.3) is 0 Å².